The monoisotopic (exact) mass is 313 g/mol. The van der Waals surface area contributed by atoms with Gasteiger partial charge in [0.25, 0.3) is 0 Å². The van der Waals surface area contributed by atoms with E-state index in [0.29, 0.717) is 0 Å². The highest BCUT2D eigenvalue weighted by molar-refractivity contribution is 9.08. The number of hydrogen-bond donors (Lipinski definition) is 0. The minimum absolute atomic E-state index is 0.804. The lowest BCUT2D eigenvalue weighted by Gasteiger charge is -2.07. The van der Waals surface area contributed by atoms with E-state index in [4.69, 9.17) is 4.74 Å². The fraction of sp³-hybridized carbons (Fsp3) is 0.0625. The van der Waals surface area contributed by atoms with E-state index in [-0.39, 0.29) is 0 Å². The van der Waals surface area contributed by atoms with Crippen LogP contribution in [-0.2, 0) is 5.33 Å². The van der Waals surface area contributed by atoms with E-state index in [1.165, 1.54) is 5.56 Å². The molecule has 0 fully saturated rings. The number of hydrogen-bond acceptors (Lipinski definition) is 2. The first-order valence-electron chi connectivity index (χ1n) is 6.03. The Morgan fingerprint density at radius 3 is 2.53 bits per heavy atom. The average molecular weight is 314 g/mol. The van der Waals surface area contributed by atoms with E-state index >= 15 is 0 Å². The molecule has 0 aliphatic heterocycles. The molecule has 3 rings (SSSR count). The molecule has 2 aromatic carbocycles. The maximum atomic E-state index is 5.83. The zero-order valence-corrected chi connectivity index (χ0v) is 11.8. The van der Waals surface area contributed by atoms with Crippen LogP contribution in [0.2, 0.25) is 0 Å². The molecule has 0 saturated heterocycles. The minimum atomic E-state index is 0.804. The molecule has 0 spiro atoms. The topological polar surface area (TPSA) is 22.1 Å². The molecule has 0 unspecified atom stereocenters. The van der Waals surface area contributed by atoms with E-state index in [9.17, 15) is 0 Å². The van der Waals surface area contributed by atoms with Crippen molar-refractivity contribution in [1.82, 2.24) is 4.98 Å². The third-order valence-electron chi connectivity index (χ3n) is 2.89. The molecule has 0 aliphatic carbocycles. The number of benzene rings is 2. The molecule has 0 amide bonds. The maximum Gasteiger partial charge on any atom is 0.129 e. The molecular formula is C16H12BrNO. The summed E-state index contributed by atoms with van der Waals surface area (Å²) in [7, 11) is 0. The molecule has 0 atom stereocenters. The predicted molar refractivity (Wildman–Crippen MR) is 80.9 cm³/mol. The van der Waals surface area contributed by atoms with Gasteiger partial charge in [0.15, 0.2) is 0 Å². The number of halogens is 1. The molecule has 19 heavy (non-hydrogen) atoms. The van der Waals surface area contributed by atoms with Gasteiger partial charge in [-0.3, -0.25) is 4.98 Å². The van der Waals surface area contributed by atoms with E-state index < -0.39 is 0 Å². The van der Waals surface area contributed by atoms with Gasteiger partial charge in [-0.1, -0.05) is 34.1 Å². The first-order valence-corrected chi connectivity index (χ1v) is 7.15. The van der Waals surface area contributed by atoms with Gasteiger partial charge in [-0.15, -0.1) is 0 Å². The predicted octanol–water partition coefficient (Wildman–Crippen LogP) is 4.92. The number of ether oxygens (including phenoxy) is 1. The van der Waals surface area contributed by atoms with Crippen LogP contribution in [-0.4, -0.2) is 4.98 Å². The number of aromatic nitrogens is 1. The summed E-state index contributed by atoms with van der Waals surface area (Å²) in [5.41, 5.74) is 2.17. The van der Waals surface area contributed by atoms with Crippen LogP contribution in [0.15, 0.2) is 60.8 Å². The lowest BCUT2D eigenvalue weighted by molar-refractivity contribution is 0.483. The molecule has 0 radical (unpaired) electrons. The van der Waals surface area contributed by atoms with Crippen LogP contribution in [0, 0.1) is 0 Å². The van der Waals surface area contributed by atoms with Crippen molar-refractivity contribution in [3.8, 4) is 11.5 Å². The van der Waals surface area contributed by atoms with E-state index in [1.54, 1.807) is 6.20 Å². The summed E-state index contributed by atoms with van der Waals surface area (Å²) in [5, 5.41) is 1.97. The molecule has 1 aromatic heterocycles. The van der Waals surface area contributed by atoms with Crippen LogP contribution in [0.3, 0.4) is 0 Å². The van der Waals surface area contributed by atoms with E-state index in [1.807, 2.05) is 54.6 Å². The van der Waals surface area contributed by atoms with Crippen LogP contribution < -0.4 is 4.74 Å². The Morgan fingerprint density at radius 2 is 1.74 bits per heavy atom. The summed E-state index contributed by atoms with van der Waals surface area (Å²) < 4.78 is 5.83. The maximum absolute atomic E-state index is 5.83. The Labute approximate surface area is 120 Å². The highest BCUT2D eigenvalue weighted by Gasteiger charge is 2.00. The SMILES string of the molecule is BrCc1ccc(Oc2ccc3cccnc3c2)cc1. The van der Waals surface area contributed by atoms with Gasteiger partial charge in [0.1, 0.15) is 11.5 Å². The Morgan fingerprint density at radius 1 is 0.947 bits per heavy atom. The molecule has 94 valence electrons. The molecule has 0 N–H and O–H groups in total. The molecule has 3 aromatic rings. The lowest BCUT2D eigenvalue weighted by Crippen LogP contribution is -1.86. The lowest BCUT2D eigenvalue weighted by atomic mass is 10.2. The molecule has 0 saturated carbocycles. The summed E-state index contributed by atoms with van der Waals surface area (Å²) in [6, 6.07) is 17.9. The molecule has 0 aliphatic rings. The fourth-order valence-corrected chi connectivity index (χ4v) is 2.27. The first-order chi connectivity index (χ1) is 9.35. The Kier molecular flexibility index (Phi) is 3.47. The van der Waals surface area contributed by atoms with Crippen LogP contribution in [0.25, 0.3) is 10.9 Å². The number of nitrogens with zero attached hydrogens (tertiary/aromatic N) is 1. The Hall–Kier alpha value is -1.87. The Bertz CT molecular complexity index is 694. The minimum Gasteiger partial charge on any atom is -0.457 e. The van der Waals surface area contributed by atoms with Crippen molar-refractivity contribution in [1.29, 1.82) is 0 Å². The standard InChI is InChI=1S/C16H12BrNO/c17-11-12-3-6-14(7-4-12)19-15-8-5-13-2-1-9-18-16(13)10-15/h1-10H,11H2. The van der Waals surface area contributed by atoms with Crippen molar-refractivity contribution in [3.63, 3.8) is 0 Å². The van der Waals surface area contributed by atoms with Crippen LogP contribution >= 0.6 is 15.9 Å². The van der Waals surface area contributed by atoms with Crippen molar-refractivity contribution >= 4 is 26.8 Å². The first kappa shape index (κ1) is 12.2. The number of rotatable bonds is 3. The summed E-state index contributed by atoms with van der Waals surface area (Å²) in [5.74, 6) is 1.64. The van der Waals surface area contributed by atoms with Gasteiger partial charge in [0.05, 0.1) is 5.52 Å². The zero-order valence-electron chi connectivity index (χ0n) is 10.2. The van der Waals surface area contributed by atoms with Gasteiger partial charge < -0.3 is 4.74 Å². The second-order valence-corrected chi connectivity index (χ2v) is 4.80. The summed E-state index contributed by atoms with van der Waals surface area (Å²) in [6.45, 7) is 0. The third kappa shape index (κ3) is 2.76. The van der Waals surface area contributed by atoms with Crippen molar-refractivity contribution in [3.05, 3.63) is 66.4 Å². The average Bonchev–Trinajstić information content (AvgIpc) is 2.48. The smallest absolute Gasteiger partial charge is 0.129 e. The quantitative estimate of drug-likeness (QED) is 0.640. The normalized spacial score (nSPS) is 10.6. The van der Waals surface area contributed by atoms with Gasteiger partial charge in [-0.2, -0.15) is 0 Å². The van der Waals surface area contributed by atoms with Gasteiger partial charge in [0, 0.05) is 23.0 Å². The summed E-state index contributed by atoms with van der Waals surface area (Å²) >= 11 is 3.43. The Balaban J connectivity index is 1.87. The van der Waals surface area contributed by atoms with E-state index in [2.05, 4.69) is 20.9 Å². The molecule has 3 heteroatoms. The van der Waals surface area contributed by atoms with Gasteiger partial charge in [-0.05, 0) is 35.9 Å². The molecule has 2 nitrogen and oxygen atoms in total. The van der Waals surface area contributed by atoms with Gasteiger partial charge in [0.2, 0.25) is 0 Å². The highest BCUT2D eigenvalue weighted by Crippen LogP contribution is 2.25. The van der Waals surface area contributed by atoms with Crippen molar-refractivity contribution in [2.75, 3.05) is 0 Å². The number of pyridine rings is 1. The van der Waals surface area contributed by atoms with Gasteiger partial charge in [-0.25, -0.2) is 0 Å². The fourth-order valence-electron chi connectivity index (χ4n) is 1.89. The highest BCUT2D eigenvalue weighted by atomic mass is 79.9. The largest absolute Gasteiger partial charge is 0.457 e. The third-order valence-corrected chi connectivity index (χ3v) is 3.54. The second kappa shape index (κ2) is 5.41. The molecule has 0 bridgehead atoms. The summed E-state index contributed by atoms with van der Waals surface area (Å²) in [4.78, 5) is 4.32. The second-order valence-electron chi connectivity index (χ2n) is 4.24. The molecule has 1 heterocycles. The number of fused-ring (bicyclic) bond motifs is 1. The van der Waals surface area contributed by atoms with Gasteiger partial charge >= 0.3 is 0 Å². The zero-order chi connectivity index (χ0) is 13.1. The van der Waals surface area contributed by atoms with Crippen molar-refractivity contribution in [2.24, 2.45) is 0 Å². The van der Waals surface area contributed by atoms with Crippen LogP contribution in [0.5, 0.6) is 11.5 Å². The van der Waals surface area contributed by atoms with Crippen LogP contribution in [0.1, 0.15) is 5.56 Å². The molecular weight excluding hydrogens is 302 g/mol. The van der Waals surface area contributed by atoms with Crippen LogP contribution in [0.4, 0.5) is 0 Å². The van der Waals surface area contributed by atoms with E-state index in [0.717, 1.165) is 27.7 Å². The van der Waals surface area contributed by atoms with Crippen molar-refractivity contribution < 1.29 is 4.74 Å². The summed E-state index contributed by atoms with van der Waals surface area (Å²) in [6.07, 6.45) is 1.79. The van der Waals surface area contributed by atoms with Crippen molar-refractivity contribution in [2.45, 2.75) is 5.33 Å². The number of alkyl halides is 1.